The number of ether oxygens (including phenoxy) is 1. The molecule has 3 heterocycles. The van der Waals surface area contributed by atoms with Crippen molar-refractivity contribution in [1.29, 1.82) is 0 Å². The number of hydrogen-bond donors (Lipinski definition) is 1. The zero-order valence-electron chi connectivity index (χ0n) is 15.1. The van der Waals surface area contributed by atoms with Gasteiger partial charge in [-0.25, -0.2) is 0 Å². The number of hydrogen-bond acceptors (Lipinski definition) is 5. The maximum atomic E-state index is 12.7. The van der Waals surface area contributed by atoms with E-state index in [-0.39, 0.29) is 17.9 Å². The lowest BCUT2D eigenvalue weighted by molar-refractivity contribution is -0.126. The summed E-state index contributed by atoms with van der Waals surface area (Å²) in [5.41, 5.74) is 1.82. The fraction of sp³-hybridized carbons (Fsp3) is 0.611. The number of amides is 2. The van der Waals surface area contributed by atoms with Crippen LogP contribution >= 0.6 is 0 Å². The lowest BCUT2D eigenvalue weighted by Gasteiger charge is -2.32. The van der Waals surface area contributed by atoms with E-state index in [1.807, 2.05) is 25.8 Å². The molecule has 0 radical (unpaired) electrons. The molecule has 0 aromatic carbocycles. The van der Waals surface area contributed by atoms with Crippen molar-refractivity contribution in [2.75, 3.05) is 38.5 Å². The molecule has 2 fully saturated rings. The summed E-state index contributed by atoms with van der Waals surface area (Å²) >= 11 is 0. The molecule has 0 spiro atoms. The monoisotopic (exact) mass is 346 g/mol. The van der Waals surface area contributed by atoms with Crippen LogP contribution in [0.1, 0.15) is 35.8 Å². The highest BCUT2D eigenvalue weighted by molar-refractivity contribution is 5.97. The molecule has 25 heavy (non-hydrogen) atoms. The first-order chi connectivity index (χ1) is 11.9. The molecule has 0 aliphatic carbocycles. The van der Waals surface area contributed by atoms with Crippen LogP contribution in [-0.2, 0) is 9.53 Å². The SMILES string of the molecule is Cc1cnc(C(=O)N2CCN(C)CC2)cc1NC(=O)C1CCC(C)O1. The molecule has 1 N–H and O–H groups in total. The molecule has 2 aliphatic rings. The number of pyridine rings is 1. The van der Waals surface area contributed by atoms with Gasteiger partial charge in [-0.15, -0.1) is 0 Å². The molecule has 3 rings (SSSR count). The van der Waals surface area contributed by atoms with Crippen molar-refractivity contribution < 1.29 is 14.3 Å². The van der Waals surface area contributed by atoms with Gasteiger partial charge < -0.3 is 19.9 Å². The number of carbonyl (C=O) groups excluding carboxylic acids is 2. The maximum Gasteiger partial charge on any atom is 0.272 e. The first-order valence-corrected chi connectivity index (χ1v) is 8.85. The van der Waals surface area contributed by atoms with E-state index in [0.717, 1.165) is 31.5 Å². The zero-order chi connectivity index (χ0) is 18.0. The van der Waals surface area contributed by atoms with Crippen LogP contribution in [0.4, 0.5) is 5.69 Å². The molecule has 0 saturated carbocycles. The Kier molecular flexibility index (Phi) is 5.34. The predicted molar refractivity (Wildman–Crippen MR) is 94.6 cm³/mol. The van der Waals surface area contributed by atoms with Crippen LogP contribution in [0.15, 0.2) is 12.3 Å². The molecule has 1 aromatic rings. The lowest BCUT2D eigenvalue weighted by Crippen LogP contribution is -2.47. The van der Waals surface area contributed by atoms with Gasteiger partial charge >= 0.3 is 0 Å². The topological polar surface area (TPSA) is 74.8 Å². The predicted octanol–water partition coefficient (Wildman–Crippen LogP) is 1.28. The number of nitrogens with one attached hydrogen (secondary N) is 1. The number of aryl methyl sites for hydroxylation is 1. The van der Waals surface area contributed by atoms with Gasteiger partial charge in [0.15, 0.2) is 0 Å². The highest BCUT2D eigenvalue weighted by Crippen LogP contribution is 2.22. The van der Waals surface area contributed by atoms with E-state index in [9.17, 15) is 9.59 Å². The summed E-state index contributed by atoms with van der Waals surface area (Å²) in [7, 11) is 2.05. The molecule has 7 heteroatoms. The van der Waals surface area contributed by atoms with Crippen LogP contribution in [0.25, 0.3) is 0 Å². The fourth-order valence-corrected chi connectivity index (χ4v) is 3.16. The first kappa shape index (κ1) is 17.8. The smallest absolute Gasteiger partial charge is 0.272 e. The summed E-state index contributed by atoms with van der Waals surface area (Å²) in [5.74, 6) is -0.244. The van der Waals surface area contributed by atoms with E-state index in [2.05, 4.69) is 15.2 Å². The summed E-state index contributed by atoms with van der Waals surface area (Å²) in [6, 6.07) is 1.67. The van der Waals surface area contributed by atoms with Gasteiger partial charge in [-0.1, -0.05) is 0 Å². The van der Waals surface area contributed by atoms with E-state index in [0.29, 0.717) is 24.5 Å². The van der Waals surface area contributed by atoms with Crippen molar-refractivity contribution in [2.45, 2.75) is 38.9 Å². The molecular formula is C18H26N4O3. The number of nitrogens with zero attached hydrogens (tertiary/aromatic N) is 3. The van der Waals surface area contributed by atoms with Gasteiger partial charge in [-0.2, -0.15) is 0 Å². The second-order valence-corrected chi connectivity index (χ2v) is 6.98. The Labute approximate surface area is 148 Å². The summed E-state index contributed by atoms with van der Waals surface area (Å²) < 4.78 is 5.61. The van der Waals surface area contributed by atoms with Crippen molar-refractivity contribution in [2.24, 2.45) is 0 Å². The molecule has 0 bridgehead atoms. The third-order valence-electron chi connectivity index (χ3n) is 4.90. The number of likely N-dealkylation sites (N-methyl/N-ethyl adjacent to an activating group) is 1. The van der Waals surface area contributed by atoms with Crippen LogP contribution in [0, 0.1) is 6.92 Å². The molecule has 1 aromatic heterocycles. The minimum Gasteiger partial charge on any atom is -0.365 e. The van der Waals surface area contributed by atoms with Gasteiger partial charge in [-0.3, -0.25) is 14.6 Å². The second kappa shape index (κ2) is 7.49. The Morgan fingerprint density at radius 2 is 1.96 bits per heavy atom. The average molecular weight is 346 g/mol. The molecule has 2 atom stereocenters. The van der Waals surface area contributed by atoms with Gasteiger partial charge in [0.2, 0.25) is 0 Å². The Bertz CT molecular complexity index is 656. The highest BCUT2D eigenvalue weighted by Gasteiger charge is 2.29. The van der Waals surface area contributed by atoms with Gasteiger partial charge in [0, 0.05) is 38.1 Å². The number of carbonyl (C=O) groups is 2. The average Bonchev–Trinajstić information content (AvgIpc) is 3.03. The van der Waals surface area contributed by atoms with Crippen molar-refractivity contribution in [3.05, 3.63) is 23.5 Å². The Morgan fingerprint density at radius 3 is 2.60 bits per heavy atom. The van der Waals surface area contributed by atoms with E-state index in [1.54, 1.807) is 12.3 Å². The Balaban J connectivity index is 1.69. The van der Waals surface area contributed by atoms with Gasteiger partial charge in [-0.05, 0) is 45.4 Å². The van der Waals surface area contributed by atoms with Crippen molar-refractivity contribution >= 4 is 17.5 Å². The van der Waals surface area contributed by atoms with E-state index in [1.165, 1.54) is 0 Å². The quantitative estimate of drug-likeness (QED) is 0.892. The normalized spacial score (nSPS) is 24.4. The van der Waals surface area contributed by atoms with Crippen LogP contribution in [0.3, 0.4) is 0 Å². The summed E-state index contributed by atoms with van der Waals surface area (Å²) in [6.45, 7) is 6.94. The summed E-state index contributed by atoms with van der Waals surface area (Å²) in [6.07, 6.45) is 2.95. The van der Waals surface area contributed by atoms with Crippen LogP contribution < -0.4 is 5.32 Å². The Hall–Kier alpha value is -1.99. The number of aromatic nitrogens is 1. The van der Waals surface area contributed by atoms with E-state index >= 15 is 0 Å². The van der Waals surface area contributed by atoms with E-state index in [4.69, 9.17) is 4.74 Å². The first-order valence-electron chi connectivity index (χ1n) is 8.85. The second-order valence-electron chi connectivity index (χ2n) is 6.98. The lowest BCUT2D eigenvalue weighted by atomic mass is 10.1. The molecule has 7 nitrogen and oxygen atoms in total. The van der Waals surface area contributed by atoms with Gasteiger partial charge in [0.1, 0.15) is 11.8 Å². The largest absolute Gasteiger partial charge is 0.365 e. The van der Waals surface area contributed by atoms with Crippen LogP contribution in [0.2, 0.25) is 0 Å². The molecular weight excluding hydrogens is 320 g/mol. The van der Waals surface area contributed by atoms with Crippen LogP contribution in [-0.4, -0.2) is 72.0 Å². The van der Waals surface area contributed by atoms with E-state index < -0.39 is 6.10 Å². The molecule has 2 unspecified atom stereocenters. The summed E-state index contributed by atoms with van der Waals surface area (Å²) in [5, 5.41) is 2.90. The third kappa shape index (κ3) is 4.16. The molecule has 136 valence electrons. The highest BCUT2D eigenvalue weighted by atomic mass is 16.5. The fourth-order valence-electron chi connectivity index (χ4n) is 3.16. The van der Waals surface area contributed by atoms with Crippen LogP contribution in [0.5, 0.6) is 0 Å². The Morgan fingerprint density at radius 1 is 1.24 bits per heavy atom. The molecule has 2 saturated heterocycles. The number of anilines is 1. The van der Waals surface area contributed by atoms with Gasteiger partial charge in [0.05, 0.1) is 6.10 Å². The molecule has 2 aliphatic heterocycles. The molecule has 2 amide bonds. The third-order valence-corrected chi connectivity index (χ3v) is 4.90. The summed E-state index contributed by atoms with van der Waals surface area (Å²) in [4.78, 5) is 33.3. The van der Waals surface area contributed by atoms with Crippen molar-refractivity contribution in [3.63, 3.8) is 0 Å². The van der Waals surface area contributed by atoms with Gasteiger partial charge in [0.25, 0.3) is 11.8 Å². The standard InChI is InChI=1S/C18H26N4O3/c1-12-11-19-15(18(24)22-8-6-21(3)7-9-22)10-14(12)20-17(23)16-5-4-13(2)25-16/h10-11,13,16H,4-9H2,1-3H3,(H,19,20,23). The number of rotatable bonds is 3. The number of piperazine rings is 1. The minimum absolute atomic E-state index is 0.0886. The van der Waals surface area contributed by atoms with Crippen molar-refractivity contribution in [1.82, 2.24) is 14.8 Å². The maximum absolute atomic E-state index is 12.7. The van der Waals surface area contributed by atoms with Crippen molar-refractivity contribution in [3.8, 4) is 0 Å². The minimum atomic E-state index is -0.417. The zero-order valence-corrected chi connectivity index (χ0v) is 15.1.